The summed E-state index contributed by atoms with van der Waals surface area (Å²) in [5.41, 5.74) is 26.5. The largest absolute Gasteiger partial charge is 0.334 e. The number of rotatable bonds is 4. The maximum atomic E-state index is 2.92. The first kappa shape index (κ1) is 45.8. The summed E-state index contributed by atoms with van der Waals surface area (Å²) in [6, 6.07) is 66.4. The van der Waals surface area contributed by atoms with Crippen molar-refractivity contribution in [1.82, 2.24) is 0 Å². The molecule has 3 nitrogen and oxygen atoms in total. The Morgan fingerprint density at radius 1 is 0.432 bits per heavy atom. The lowest BCUT2D eigenvalue weighted by molar-refractivity contribution is 0.195. The lowest BCUT2D eigenvalue weighted by Crippen LogP contribution is -2.64. The topological polar surface area (TPSA) is 9.72 Å². The fraction of sp³-hybridized carbons (Fsp3) is 0.314. The molecule has 0 saturated heterocycles. The van der Waals surface area contributed by atoms with Crippen molar-refractivity contribution in [3.05, 3.63) is 203 Å². The molecule has 14 rings (SSSR count). The van der Waals surface area contributed by atoms with E-state index in [4.69, 9.17) is 0 Å². The van der Waals surface area contributed by atoms with Gasteiger partial charge in [0.1, 0.15) is 0 Å². The minimum Gasteiger partial charge on any atom is -0.334 e. The van der Waals surface area contributed by atoms with Gasteiger partial charge in [0.25, 0.3) is 6.71 Å². The van der Waals surface area contributed by atoms with Gasteiger partial charge in [-0.05, 0) is 159 Å². The van der Waals surface area contributed by atoms with Gasteiger partial charge in [0.05, 0.1) is 11.1 Å². The van der Waals surface area contributed by atoms with Gasteiger partial charge in [0.15, 0.2) is 0 Å². The predicted molar refractivity (Wildman–Crippen MR) is 315 cm³/mol. The van der Waals surface area contributed by atoms with Crippen LogP contribution in [0, 0.1) is 0 Å². The molecule has 1 saturated carbocycles. The summed E-state index contributed by atoms with van der Waals surface area (Å²) in [4.78, 5) is 8.44. The summed E-state index contributed by atoms with van der Waals surface area (Å²) >= 11 is 0. The molecular weight excluding hydrogens is 894 g/mol. The van der Waals surface area contributed by atoms with Crippen molar-refractivity contribution in [2.24, 2.45) is 0 Å². The second-order valence-electron chi connectivity index (χ2n) is 26.0. The van der Waals surface area contributed by atoms with Gasteiger partial charge in [-0.2, -0.15) is 0 Å². The van der Waals surface area contributed by atoms with E-state index >= 15 is 0 Å². The number of fused-ring (bicyclic) bond motifs is 12. The molecule has 4 heteroatoms. The average molecular weight is 964 g/mol. The average Bonchev–Trinajstić information content (AvgIpc) is 3.84. The van der Waals surface area contributed by atoms with E-state index in [0.717, 1.165) is 19.3 Å². The van der Waals surface area contributed by atoms with E-state index < -0.39 is 0 Å². The van der Waals surface area contributed by atoms with Crippen LogP contribution >= 0.6 is 0 Å². The normalized spacial score (nSPS) is 23.9. The van der Waals surface area contributed by atoms with Gasteiger partial charge in [-0.1, -0.05) is 202 Å². The highest BCUT2D eigenvalue weighted by molar-refractivity contribution is 7.00. The molecule has 4 heterocycles. The maximum Gasteiger partial charge on any atom is 0.252 e. The molecule has 0 bridgehead atoms. The molecule has 4 unspecified atom stereocenters. The molecule has 2 aliphatic carbocycles. The molecule has 0 radical (unpaired) electrons. The molecule has 1 fully saturated rings. The van der Waals surface area contributed by atoms with Crippen LogP contribution in [0.3, 0.4) is 0 Å². The Balaban J connectivity index is 1.12. The fourth-order valence-corrected chi connectivity index (χ4v) is 15.6. The third-order valence-electron chi connectivity index (χ3n) is 20.1. The van der Waals surface area contributed by atoms with Crippen LogP contribution in [0.1, 0.15) is 135 Å². The summed E-state index contributed by atoms with van der Waals surface area (Å²) in [6.07, 6.45) is 6.97. The second kappa shape index (κ2) is 15.4. The van der Waals surface area contributed by atoms with Crippen LogP contribution in [-0.2, 0) is 33.6 Å². The quantitative estimate of drug-likeness (QED) is 0.163. The highest BCUT2D eigenvalue weighted by Crippen LogP contribution is 2.67. The summed E-state index contributed by atoms with van der Waals surface area (Å²) in [6.45, 7) is 24.9. The molecular formula is C70H70BN3. The summed E-state index contributed by atoms with van der Waals surface area (Å²) in [5.74, 6) is 0. The van der Waals surface area contributed by atoms with Crippen molar-refractivity contribution >= 4 is 62.9 Å². The Labute approximate surface area is 441 Å². The van der Waals surface area contributed by atoms with Gasteiger partial charge in [-0.3, -0.25) is 0 Å². The van der Waals surface area contributed by atoms with Gasteiger partial charge in [-0.25, -0.2) is 0 Å². The first-order valence-electron chi connectivity index (χ1n) is 27.8. The van der Waals surface area contributed by atoms with Crippen LogP contribution in [0.2, 0.25) is 0 Å². The molecule has 4 aliphatic heterocycles. The number of hydrogen-bond acceptors (Lipinski definition) is 3. The smallest absolute Gasteiger partial charge is 0.252 e. The Morgan fingerprint density at radius 2 is 1.04 bits per heavy atom. The molecule has 6 aliphatic rings. The van der Waals surface area contributed by atoms with Crippen molar-refractivity contribution < 1.29 is 0 Å². The van der Waals surface area contributed by atoms with Crippen molar-refractivity contribution in [1.29, 1.82) is 0 Å². The zero-order chi connectivity index (χ0) is 50.9. The maximum absolute atomic E-state index is 2.92. The molecule has 0 aromatic heterocycles. The number of nitrogens with zero attached hydrogens (tertiary/aromatic N) is 3. The molecule has 4 atom stereocenters. The SMILES string of the molecule is CC(C)(C)c1ccc2c(c1)C1(C)CCCCC1(C)N2c1cc2c3c(c1)N1c4c(cc(C(C)(C)C)cc4C4(C)CCc5ccccc5C14C)B3c1cc(-c3ccccc3)ccc1N2c1ccc(-c2ccccc2)cc1. The van der Waals surface area contributed by atoms with Gasteiger partial charge < -0.3 is 14.7 Å². The van der Waals surface area contributed by atoms with E-state index in [2.05, 4.69) is 254 Å². The highest BCUT2D eigenvalue weighted by atomic mass is 15.3. The van der Waals surface area contributed by atoms with Gasteiger partial charge in [0, 0.05) is 50.6 Å². The van der Waals surface area contributed by atoms with E-state index in [1.807, 2.05) is 0 Å². The van der Waals surface area contributed by atoms with E-state index in [-0.39, 0.29) is 39.5 Å². The van der Waals surface area contributed by atoms with Crippen molar-refractivity contribution in [3.63, 3.8) is 0 Å². The van der Waals surface area contributed by atoms with Crippen molar-refractivity contribution in [3.8, 4) is 22.3 Å². The third-order valence-corrected chi connectivity index (χ3v) is 20.1. The Morgan fingerprint density at radius 3 is 1.76 bits per heavy atom. The highest BCUT2D eigenvalue weighted by Gasteiger charge is 2.64. The van der Waals surface area contributed by atoms with E-state index in [1.165, 1.54) is 131 Å². The van der Waals surface area contributed by atoms with Crippen LogP contribution in [0.25, 0.3) is 22.3 Å². The lowest BCUT2D eigenvalue weighted by atomic mass is 9.33. The molecule has 0 N–H and O–H groups in total. The third kappa shape index (κ3) is 6.03. The standard InChI is InChI=1S/C70H70BN3/c1-65(2,3)50-30-34-59-55(40-50)67(7)36-19-20-37-69(67,9)73(59)53-43-61-63-62(44-53)74-64-56(68(8)38-35-48-25-17-18-26-54(48)70(68,74)10)41-51(66(4,5)6)42-58(64)71(63)57-39-49(46-23-15-12-16-24-46)29-33-60(57)72(61)52-31-27-47(28-32-52)45-21-13-11-14-22-45/h11-18,21-34,39-44H,19-20,35-38H2,1-10H3. The molecule has 8 aromatic rings. The summed E-state index contributed by atoms with van der Waals surface area (Å²) in [7, 11) is 0. The van der Waals surface area contributed by atoms with Crippen LogP contribution in [0.4, 0.5) is 39.8 Å². The Bertz CT molecular complexity index is 3620. The van der Waals surface area contributed by atoms with E-state index in [9.17, 15) is 0 Å². The molecule has 0 amide bonds. The molecule has 8 aromatic carbocycles. The monoisotopic (exact) mass is 964 g/mol. The first-order valence-corrected chi connectivity index (χ1v) is 27.8. The molecule has 74 heavy (non-hydrogen) atoms. The van der Waals surface area contributed by atoms with Gasteiger partial charge >= 0.3 is 0 Å². The molecule has 0 spiro atoms. The van der Waals surface area contributed by atoms with Gasteiger partial charge in [-0.15, -0.1) is 0 Å². The first-order chi connectivity index (χ1) is 35.4. The molecule has 368 valence electrons. The van der Waals surface area contributed by atoms with Crippen molar-refractivity contribution in [2.75, 3.05) is 14.7 Å². The minimum atomic E-state index is -0.366. The number of benzene rings is 8. The zero-order valence-corrected chi connectivity index (χ0v) is 45.3. The Hall–Kier alpha value is -6.78. The summed E-state index contributed by atoms with van der Waals surface area (Å²) < 4.78 is 0. The van der Waals surface area contributed by atoms with Crippen LogP contribution in [-0.4, -0.2) is 12.3 Å². The summed E-state index contributed by atoms with van der Waals surface area (Å²) in [5, 5.41) is 0. The Kier molecular flexibility index (Phi) is 9.54. The minimum absolute atomic E-state index is 0.00167. The van der Waals surface area contributed by atoms with Crippen LogP contribution in [0.5, 0.6) is 0 Å². The van der Waals surface area contributed by atoms with E-state index in [1.54, 1.807) is 0 Å². The fourth-order valence-electron chi connectivity index (χ4n) is 15.6. The zero-order valence-electron chi connectivity index (χ0n) is 45.3. The van der Waals surface area contributed by atoms with Crippen molar-refractivity contribution in [2.45, 2.75) is 141 Å². The second-order valence-corrected chi connectivity index (χ2v) is 26.0. The van der Waals surface area contributed by atoms with Crippen LogP contribution < -0.4 is 31.1 Å². The number of anilines is 7. The van der Waals surface area contributed by atoms with E-state index in [0.29, 0.717) is 0 Å². The number of aryl methyl sites for hydroxylation is 1. The van der Waals surface area contributed by atoms with Gasteiger partial charge in [0.2, 0.25) is 0 Å². The lowest BCUT2D eigenvalue weighted by Gasteiger charge is -2.54. The van der Waals surface area contributed by atoms with Crippen LogP contribution in [0.15, 0.2) is 170 Å². The number of hydrogen-bond donors (Lipinski definition) is 0. The predicted octanol–water partition coefficient (Wildman–Crippen LogP) is 16.2.